The quantitative estimate of drug-likeness (QED) is 0.878. The zero-order chi connectivity index (χ0) is 14.1. The van der Waals surface area contributed by atoms with Gasteiger partial charge < -0.3 is 9.67 Å². The summed E-state index contributed by atoms with van der Waals surface area (Å²) >= 11 is 0. The van der Waals surface area contributed by atoms with Gasteiger partial charge in [-0.15, -0.1) is 0 Å². The first kappa shape index (κ1) is 13.2. The highest BCUT2D eigenvalue weighted by Crippen LogP contribution is 2.30. The summed E-state index contributed by atoms with van der Waals surface area (Å²) < 4.78 is 2.11. The average molecular weight is 272 g/mol. The van der Waals surface area contributed by atoms with Gasteiger partial charge in [-0.2, -0.15) is 0 Å². The number of carbonyl (C=O) groups is 1. The molecule has 3 rings (SSSR count). The van der Waals surface area contributed by atoms with E-state index < -0.39 is 5.97 Å². The maximum absolute atomic E-state index is 11.0. The highest BCUT2D eigenvalue weighted by Gasteiger charge is 2.25. The molecule has 0 bridgehead atoms. The van der Waals surface area contributed by atoms with Crippen molar-refractivity contribution in [1.82, 2.24) is 9.47 Å². The Balaban J connectivity index is 1.83. The van der Waals surface area contributed by atoms with E-state index in [1.807, 2.05) is 19.2 Å². The summed E-state index contributed by atoms with van der Waals surface area (Å²) in [6.45, 7) is 1.74. The number of fused-ring (bicyclic) bond motifs is 1. The fourth-order valence-electron chi connectivity index (χ4n) is 2.83. The normalized spacial score (nSPS) is 15.1. The number of aryl methyl sites for hydroxylation is 1. The van der Waals surface area contributed by atoms with Gasteiger partial charge >= 0.3 is 5.97 Å². The van der Waals surface area contributed by atoms with E-state index in [9.17, 15) is 4.79 Å². The van der Waals surface area contributed by atoms with Crippen LogP contribution in [0.1, 0.15) is 18.4 Å². The molecule has 1 N–H and O–H groups in total. The summed E-state index contributed by atoms with van der Waals surface area (Å²) in [5, 5.41) is 10.3. The Bertz CT molecular complexity index is 628. The van der Waals surface area contributed by atoms with Crippen LogP contribution in [0.5, 0.6) is 0 Å². The predicted octanol–water partition coefficient (Wildman–Crippen LogP) is 2.47. The van der Waals surface area contributed by atoms with Gasteiger partial charge in [-0.05, 0) is 30.4 Å². The maximum Gasteiger partial charge on any atom is 0.317 e. The largest absolute Gasteiger partial charge is 0.480 e. The fourth-order valence-corrected chi connectivity index (χ4v) is 2.83. The minimum Gasteiger partial charge on any atom is -0.480 e. The van der Waals surface area contributed by atoms with Gasteiger partial charge in [0.2, 0.25) is 0 Å². The van der Waals surface area contributed by atoms with Gasteiger partial charge in [0.15, 0.2) is 0 Å². The third kappa shape index (κ3) is 2.85. The van der Waals surface area contributed by atoms with Crippen molar-refractivity contribution in [3.63, 3.8) is 0 Å². The molecular formula is C16H20N2O2. The van der Waals surface area contributed by atoms with Crippen molar-refractivity contribution in [2.75, 3.05) is 13.1 Å². The second kappa shape index (κ2) is 5.29. The second-order valence-electron chi connectivity index (χ2n) is 5.79. The monoisotopic (exact) mass is 272 g/mol. The maximum atomic E-state index is 11.0. The molecule has 4 heteroatoms. The Morgan fingerprint density at radius 2 is 2.15 bits per heavy atom. The lowest BCUT2D eigenvalue weighted by molar-refractivity contribution is -0.138. The van der Waals surface area contributed by atoms with Crippen molar-refractivity contribution in [2.24, 2.45) is 13.0 Å². The van der Waals surface area contributed by atoms with Gasteiger partial charge in [0.25, 0.3) is 0 Å². The van der Waals surface area contributed by atoms with Crippen LogP contribution in [0.15, 0.2) is 30.5 Å². The third-order valence-electron chi connectivity index (χ3n) is 3.95. The van der Waals surface area contributed by atoms with Crippen molar-refractivity contribution in [2.45, 2.75) is 19.4 Å². The lowest BCUT2D eigenvalue weighted by Crippen LogP contribution is -2.31. The van der Waals surface area contributed by atoms with Crippen LogP contribution in [0.25, 0.3) is 10.9 Å². The number of rotatable bonds is 6. The van der Waals surface area contributed by atoms with Crippen LogP contribution in [0, 0.1) is 5.92 Å². The molecule has 1 aliphatic carbocycles. The molecular weight excluding hydrogens is 252 g/mol. The number of aliphatic carboxylic acids is 1. The Morgan fingerprint density at radius 1 is 1.40 bits per heavy atom. The predicted molar refractivity (Wildman–Crippen MR) is 78.6 cm³/mol. The van der Waals surface area contributed by atoms with Gasteiger partial charge in [-0.1, -0.05) is 18.2 Å². The topological polar surface area (TPSA) is 45.5 Å². The van der Waals surface area contributed by atoms with Crippen LogP contribution in [-0.4, -0.2) is 33.6 Å². The molecule has 1 aromatic heterocycles. The number of para-hydroxylation sites is 1. The third-order valence-corrected chi connectivity index (χ3v) is 3.95. The smallest absolute Gasteiger partial charge is 0.317 e. The van der Waals surface area contributed by atoms with E-state index in [2.05, 4.69) is 27.8 Å². The first-order chi connectivity index (χ1) is 9.63. The molecule has 1 heterocycles. The van der Waals surface area contributed by atoms with Crippen LogP contribution in [-0.2, 0) is 18.4 Å². The van der Waals surface area contributed by atoms with Gasteiger partial charge in [-0.25, -0.2) is 0 Å². The molecule has 20 heavy (non-hydrogen) atoms. The molecule has 0 unspecified atom stereocenters. The van der Waals surface area contributed by atoms with Crippen LogP contribution >= 0.6 is 0 Å². The highest BCUT2D eigenvalue weighted by atomic mass is 16.4. The van der Waals surface area contributed by atoms with Crippen LogP contribution in [0.4, 0.5) is 0 Å². The lowest BCUT2D eigenvalue weighted by atomic mass is 10.1. The summed E-state index contributed by atoms with van der Waals surface area (Å²) in [4.78, 5) is 13.1. The van der Waals surface area contributed by atoms with Crippen molar-refractivity contribution in [3.05, 3.63) is 36.0 Å². The van der Waals surface area contributed by atoms with E-state index in [0.29, 0.717) is 12.5 Å². The van der Waals surface area contributed by atoms with E-state index >= 15 is 0 Å². The van der Waals surface area contributed by atoms with Crippen molar-refractivity contribution < 1.29 is 9.90 Å². The molecule has 1 aliphatic rings. The number of carboxylic acid groups (broad SMARTS) is 1. The Hall–Kier alpha value is -1.81. The summed E-state index contributed by atoms with van der Waals surface area (Å²) in [7, 11) is 2.04. The molecule has 106 valence electrons. The molecule has 0 atom stereocenters. The first-order valence-corrected chi connectivity index (χ1v) is 7.10. The van der Waals surface area contributed by atoms with Gasteiger partial charge in [-0.3, -0.25) is 9.69 Å². The highest BCUT2D eigenvalue weighted by molar-refractivity contribution is 5.83. The number of carboxylic acids is 1. The zero-order valence-corrected chi connectivity index (χ0v) is 11.7. The zero-order valence-electron chi connectivity index (χ0n) is 11.7. The minimum atomic E-state index is -0.745. The first-order valence-electron chi connectivity index (χ1n) is 7.10. The van der Waals surface area contributed by atoms with E-state index in [1.165, 1.54) is 29.3 Å². The van der Waals surface area contributed by atoms with Crippen LogP contribution in [0.3, 0.4) is 0 Å². The van der Waals surface area contributed by atoms with Crippen molar-refractivity contribution in [1.29, 1.82) is 0 Å². The lowest BCUT2D eigenvalue weighted by Gasteiger charge is -2.19. The Labute approximate surface area is 118 Å². The average Bonchev–Trinajstić information content (AvgIpc) is 3.15. The Morgan fingerprint density at radius 3 is 2.85 bits per heavy atom. The van der Waals surface area contributed by atoms with E-state index in [-0.39, 0.29) is 6.54 Å². The minimum absolute atomic E-state index is 0.125. The molecule has 0 radical (unpaired) electrons. The molecule has 2 aromatic rings. The molecule has 0 amide bonds. The van der Waals surface area contributed by atoms with E-state index in [1.54, 1.807) is 0 Å². The number of benzene rings is 1. The molecule has 0 spiro atoms. The van der Waals surface area contributed by atoms with Crippen LogP contribution in [0.2, 0.25) is 0 Å². The summed E-state index contributed by atoms with van der Waals surface area (Å²) in [5.41, 5.74) is 2.41. The number of hydrogen-bond acceptors (Lipinski definition) is 2. The molecule has 1 saturated carbocycles. The number of nitrogens with zero attached hydrogens (tertiary/aromatic N) is 2. The summed E-state index contributed by atoms with van der Waals surface area (Å²) in [5.74, 6) is -0.0461. The molecule has 0 saturated heterocycles. The van der Waals surface area contributed by atoms with Gasteiger partial charge in [0.1, 0.15) is 0 Å². The SMILES string of the molecule is Cn1cc(CN(CC(=O)O)CC2CC2)c2ccccc21. The Kier molecular flexibility index (Phi) is 3.49. The fraction of sp³-hybridized carbons (Fsp3) is 0.438. The van der Waals surface area contributed by atoms with Crippen molar-refractivity contribution in [3.8, 4) is 0 Å². The second-order valence-corrected chi connectivity index (χ2v) is 5.79. The van der Waals surface area contributed by atoms with E-state index in [4.69, 9.17) is 5.11 Å². The van der Waals surface area contributed by atoms with E-state index in [0.717, 1.165) is 6.54 Å². The van der Waals surface area contributed by atoms with Gasteiger partial charge in [0.05, 0.1) is 6.54 Å². The molecule has 4 nitrogen and oxygen atoms in total. The summed E-state index contributed by atoms with van der Waals surface area (Å²) in [6, 6.07) is 8.28. The number of aromatic nitrogens is 1. The molecule has 0 aliphatic heterocycles. The summed E-state index contributed by atoms with van der Waals surface area (Å²) in [6.07, 6.45) is 4.60. The van der Waals surface area contributed by atoms with Gasteiger partial charge in [0, 0.05) is 37.2 Å². The standard InChI is InChI=1S/C16H20N2O2/c1-17-9-13(14-4-2-3-5-15(14)17)10-18(11-16(19)20)8-12-6-7-12/h2-5,9,12H,6-8,10-11H2,1H3,(H,19,20). The number of hydrogen-bond donors (Lipinski definition) is 1. The molecule has 1 aromatic carbocycles. The van der Waals surface area contributed by atoms with Crippen LogP contribution < -0.4 is 0 Å². The molecule has 1 fully saturated rings. The van der Waals surface area contributed by atoms with Crippen molar-refractivity contribution >= 4 is 16.9 Å².